The highest BCUT2D eigenvalue weighted by atomic mass is 16.2. The van der Waals surface area contributed by atoms with Crippen LogP contribution in [0.3, 0.4) is 0 Å². The van der Waals surface area contributed by atoms with Crippen LogP contribution in [0.15, 0.2) is 24.3 Å². The second kappa shape index (κ2) is 8.12. The fourth-order valence-electron chi connectivity index (χ4n) is 4.11. The number of Topliss-reactive ketones (excluding diaryl/α,β-unsaturated/α-hetero) is 1. The zero-order chi connectivity index (χ0) is 20.3. The second-order valence-electron chi connectivity index (χ2n) is 7.79. The first-order chi connectivity index (χ1) is 13.3. The Hall–Kier alpha value is -2.70. The molecule has 0 radical (unpaired) electrons. The van der Waals surface area contributed by atoms with E-state index in [1.807, 2.05) is 19.1 Å². The van der Waals surface area contributed by atoms with Crippen molar-refractivity contribution in [2.24, 2.45) is 5.92 Å². The molecule has 2 fully saturated rings. The van der Waals surface area contributed by atoms with E-state index in [2.05, 4.69) is 10.6 Å². The Kier molecular flexibility index (Phi) is 5.82. The molecule has 1 saturated carbocycles. The molecule has 1 aromatic rings. The van der Waals surface area contributed by atoms with E-state index >= 15 is 0 Å². The summed E-state index contributed by atoms with van der Waals surface area (Å²) in [5.74, 6) is -0.548. The average molecular weight is 385 g/mol. The van der Waals surface area contributed by atoms with Crippen LogP contribution in [-0.4, -0.2) is 47.2 Å². The third-order valence-corrected chi connectivity index (χ3v) is 5.87. The van der Waals surface area contributed by atoms with Gasteiger partial charge < -0.3 is 10.6 Å². The largest absolute Gasteiger partial charge is 0.356 e. The molecular formula is C21H27N3O4. The van der Waals surface area contributed by atoms with E-state index in [4.69, 9.17) is 0 Å². The van der Waals surface area contributed by atoms with Crippen molar-refractivity contribution >= 4 is 23.6 Å². The maximum absolute atomic E-state index is 13.0. The van der Waals surface area contributed by atoms with Crippen LogP contribution >= 0.6 is 0 Å². The van der Waals surface area contributed by atoms with Gasteiger partial charge in [-0.1, -0.05) is 44.0 Å². The number of carbonyl (C=O) groups excluding carboxylic acids is 4. The summed E-state index contributed by atoms with van der Waals surface area (Å²) in [7, 11) is 0. The Morgan fingerprint density at radius 2 is 1.93 bits per heavy atom. The maximum atomic E-state index is 13.0. The third-order valence-electron chi connectivity index (χ3n) is 5.87. The molecule has 2 aliphatic rings. The zero-order valence-electron chi connectivity index (χ0n) is 16.4. The molecule has 0 aromatic heterocycles. The van der Waals surface area contributed by atoms with Crippen molar-refractivity contribution in [3.63, 3.8) is 0 Å². The number of urea groups is 1. The van der Waals surface area contributed by atoms with Gasteiger partial charge in [-0.3, -0.25) is 19.3 Å². The Balaban J connectivity index is 1.63. The van der Waals surface area contributed by atoms with Crippen molar-refractivity contribution < 1.29 is 19.2 Å². The molecule has 0 bridgehead atoms. The molecule has 1 aromatic carbocycles. The molecule has 1 aliphatic heterocycles. The van der Waals surface area contributed by atoms with Gasteiger partial charge in [0.05, 0.1) is 6.54 Å². The lowest BCUT2D eigenvalue weighted by atomic mass is 9.73. The van der Waals surface area contributed by atoms with E-state index in [0.29, 0.717) is 24.9 Å². The van der Waals surface area contributed by atoms with E-state index in [1.165, 1.54) is 6.92 Å². The topological polar surface area (TPSA) is 95.6 Å². The fourth-order valence-corrected chi connectivity index (χ4v) is 4.11. The number of hydrogen-bond donors (Lipinski definition) is 2. The number of nitrogens with zero attached hydrogens (tertiary/aromatic N) is 1. The lowest BCUT2D eigenvalue weighted by Gasteiger charge is -2.36. The summed E-state index contributed by atoms with van der Waals surface area (Å²) in [6.45, 7) is 3.74. The zero-order valence-corrected chi connectivity index (χ0v) is 16.4. The normalized spacial score (nSPS) is 24.4. The summed E-state index contributed by atoms with van der Waals surface area (Å²) in [6, 6.07) is 6.57. The first kappa shape index (κ1) is 20.0. The molecule has 2 atom stereocenters. The van der Waals surface area contributed by atoms with Crippen molar-refractivity contribution in [2.75, 3.05) is 13.1 Å². The Labute approximate surface area is 164 Å². The van der Waals surface area contributed by atoms with Crippen molar-refractivity contribution in [3.05, 3.63) is 35.4 Å². The van der Waals surface area contributed by atoms with Gasteiger partial charge in [0.2, 0.25) is 5.91 Å². The highest BCUT2D eigenvalue weighted by Crippen LogP contribution is 2.38. The minimum absolute atomic E-state index is 0.0701. The van der Waals surface area contributed by atoms with Gasteiger partial charge in [0.15, 0.2) is 5.78 Å². The minimum Gasteiger partial charge on any atom is -0.356 e. The highest BCUT2D eigenvalue weighted by molar-refractivity contribution is 6.11. The van der Waals surface area contributed by atoms with Crippen molar-refractivity contribution in [2.45, 2.75) is 51.5 Å². The molecule has 1 spiro atoms. The molecule has 0 unspecified atom stereocenters. The summed E-state index contributed by atoms with van der Waals surface area (Å²) in [5.41, 5.74) is 0.611. The Morgan fingerprint density at radius 3 is 2.57 bits per heavy atom. The predicted molar refractivity (Wildman–Crippen MR) is 104 cm³/mol. The van der Waals surface area contributed by atoms with Crippen LogP contribution in [0.2, 0.25) is 0 Å². The molecule has 2 N–H and O–H groups in total. The van der Waals surface area contributed by atoms with Crippen LogP contribution in [0.1, 0.15) is 55.5 Å². The predicted octanol–water partition coefficient (Wildman–Crippen LogP) is 2.05. The molecule has 4 amide bonds. The van der Waals surface area contributed by atoms with Gasteiger partial charge in [0, 0.05) is 19.0 Å². The van der Waals surface area contributed by atoms with Crippen molar-refractivity contribution in [3.8, 4) is 0 Å². The van der Waals surface area contributed by atoms with Crippen molar-refractivity contribution in [1.82, 2.24) is 15.5 Å². The molecule has 150 valence electrons. The molecule has 1 saturated heterocycles. The van der Waals surface area contributed by atoms with Gasteiger partial charge in [0.1, 0.15) is 5.54 Å². The second-order valence-corrected chi connectivity index (χ2v) is 7.79. The summed E-state index contributed by atoms with van der Waals surface area (Å²) in [4.78, 5) is 50.0. The van der Waals surface area contributed by atoms with Crippen molar-refractivity contribution in [1.29, 1.82) is 0 Å². The third kappa shape index (κ3) is 3.93. The van der Waals surface area contributed by atoms with Crippen LogP contribution in [0.4, 0.5) is 4.79 Å². The lowest BCUT2D eigenvalue weighted by molar-refractivity contribution is -0.133. The van der Waals surface area contributed by atoms with Gasteiger partial charge in [-0.15, -0.1) is 0 Å². The van der Waals surface area contributed by atoms with Crippen LogP contribution in [-0.2, 0) is 16.0 Å². The van der Waals surface area contributed by atoms with Crippen LogP contribution in [0, 0.1) is 5.92 Å². The molecule has 7 nitrogen and oxygen atoms in total. The molecule has 7 heteroatoms. The molecular weight excluding hydrogens is 358 g/mol. The van der Waals surface area contributed by atoms with Gasteiger partial charge in [0.25, 0.3) is 5.91 Å². The minimum atomic E-state index is -0.844. The number of rotatable bonds is 6. The number of ketones is 1. The van der Waals surface area contributed by atoms with Crippen LogP contribution in [0.25, 0.3) is 0 Å². The monoisotopic (exact) mass is 385 g/mol. The van der Waals surface area contributed by atoms with E-state index in [9.17, 15) is 19.2 Å². The lowest BCUT2D eigenvalue weighted by Crippen LogP contribution is -2.54. The fraction of sp³-hybridized carbons (Fsp3) is 0.524. The van der Waals surface area contributed by atoms with E-state index in [0.717, 1.165) is 29.7 Å². The Bertz CT molecular complexity index is 789. The molecule has 28 heavy (non-hydrogen) atoms. The van der Waals surface area contributed by atoms with E-state index < -0.39 is 11.6 Å². The SMILES string of the molecule is CC(=O)NCCc1ccc(C(=O)CN2C(=O)N[C@]3(CCCC[C@@H]3C)C2=O)cc1. The summed E-state index contributed by atoms with van der Waals surface area (Å²) >= 11 is 0. The van der Waals surface area contributed by atoms with Gasteiger partial charge in [-0.05, 0) is 30.7 Å². The maximum Gasteiger partial charge on any atom is 0.325 e. The standard InChI is InChI=1S/C21H27N3O4/c1-14-5-3-4-11-21(14)19(27)24(20(28)23-21)13-18(26)17-8-6-16(7-9-17)10-12-22-15(2)25/h6-9,14H,3-5,10-13H2,1-2H3,(H,22,25)(H,23,28)/t14-,21-/m0/s1. The molecule has 1 heterocycles. The highest BCUT2D eigenvalue weighted by Gasteiger charge is 2.55. The molecule has 1 aliphatic carbocycles. The quantitative estimate of drug-likeness (QED) is 0.579. The average Bonchev–Trinajstić information content (AvgIpc) is 2.89. The number of imide groups is 1. The van der Waals surface area contributed by atoms with E-state index in [1.54, 1.807) is 12.1 Å². The first-order valence-electron chi connectivity index (χ1n) is 9.84. The van der Waals surface area contributed by atoms with Crippen LogP contribution < -0.4 is 10.6 Å². The number of nitrogens with one attached hydrogen (secondary N) is 2. The Morgan fingerprint density at radius 1 is 1.21 bits per heavy atom. The smallest absolute Gasteiger partial charge is 0.325 e. The summed E-state index contributed by atoms with van der Waals surface area (Å²) in [6.07, 6.45) is 4.15. The first-order valence-corrected chi connectivity index (χ1v) is 9.84. The van der Waals surface area contributed by atoms with E-state index in [-0.39, 0.29) is 30.1 Å². The summed E-state index contributed by atoms with van der Waals surface area (Å²) in [5, 5.41) is 5.59. The number of benzene rings is 1. The van der Waals surface area contributed by atoms with Gasteiger partial charge in [-0.25, -0.2) is 4.79 Å². The molecule has 3 rings (SSSR count). The summed E-state index contributed by atoms with van der Waals surface area (Å²) < 4.78 is 0. The van der Waals surface area contributed by atoms with Crippen LogP contribution in [0.5, 0.6) is 0 Å². The number of carbonyl (C=O) groups is 4. The number of hydrogen-bond acceptors (Lipinski definition) is 4. The van der Waals surface area contributed by atoms with Gasteiger partial charge >= 0.3 is 6.03 Å². The van der Waals surface area contributed by atoms with Gasteiger partial charge in [-0.2, -0.15) is 0 Å². The number of amides is 4.